The van der Waals surface area contributed by atoms with E-state index < -0.39 is 17.3 Å². The molecule has 2 aromatic rings. The van der Waals surface area contributed by atoms with Crippen molar-refractivity contribution in [2.75, 3.05) is 23.3 Å². The Labute approximate surface area is 152 Å². The number of aromatic amines is 1. The summed E-state index contributed by atoms with van der Waals surface area (Å²) in [5.41, 5.74) is 4.52. The zero-order chi connectivity index (χ0) is 19.1. The van der Waals surface area contributed by atoms with E-state index in [0.29, 0.717) is 6.54 Å². The van der Waals surface area contributed by atoms with E-state index in [2.05, 4.69) is 20.6 Å². The van der Waals surface area contributed by atoms with Crippen LogP contribution in [0.2, 0.25) is 0 Å². The Kier molecular flexibility index (Phi) is 6.73. The van der Waals surface area contributed by atoms with Gasteiger partial charge in [-0.25, -0.2) is 9.37 Å². The number of rotatable bonds is 7. The summed E-state index contributed by atoms with van der Waals surface area (Å²) in [7, 11) is 0. The molecule has 0 aliphatic carbocycles. The molecule has 0 aliphatic heterocycles. The van der Waals surface area contributed by atoms with Crippen molar-refractivity contribution in [2.45, 2.75) is 18.5 Å². The standard InChI is InChI=1S/C16H18FN5O3S/c1-2-7-19-11(23)8-26-16-21-13(18)12(15(25)22-16)20-14(24)9-5-3-4-6-10(9)17/h3-6H,2,7-8H2,1H3,(H,19,23)(H,20,24)(H3,18,21,22,25). The minimum Gasteiger partial charge on any atom is -0.382 e. The second kappa shape index (κ2) is 8.99. The third kappa shape index (κ3) is 5.06. The fourth-order valence-corrected chi connectivity index (χ4v) is 2.63. The van der Waals surface area contributed by atoms with Gasteiger partial charge in [0.15, 0.2) is 11.0 Å². The Bertz CT molecular complexity index is 871. The van der Waals surface area contributed by atoms with Crippen LogP contribution in [0, 0.1) is 5.82 Å². The smallest absolute Gasteiger partial charge is 0.277 e. The maximum absolute atomic E-state index is 13.6. The normalized spacial score (nSPS) is 10.4. The lowest BCUT2D eigenvalue weighted by Gasteiger charge is -2.09. The second-order valence-electron chi connectivity index (χ2n) is 5.20. The summed E-state index contributed by atoms with van der Waals surface area (Å²) >= 11 is 1.00. The Hall–Kier alpha value is -2.88. The van der Waals surface area contributed by atoms with Crippen molar-refractivity contribution in [1.82, 2.24) is 15.3 Å². The third-order valence-corrected chi connectivity index (χ3v) is 4.07. The van der Waals surface area contributed by atoms with Gasteiger partial charge in [-0.1, -0.05) is 30.8 Å². The molecule has 0 unspecified atom stereocenters. The van der Waals surface area contributed by atoms with E-state index in [1.807, 2.05) is 6.92 Å². The number of nitrogens with zero attached hydrogens (tertiary/aromatic N) is 1. The maximum Gasteiger partial charge on any atom is 0.277 e. The quantitative estimate of drug-likeness (QED) is 0.424. The fourth-order valence-electron chi connectivity index (χ4n) is 1.93. The van der Waals surface area contributed by atoms with Gasteiger partial charge in [0.05, 0.1) is 11.3 Å². The van der Waals surface area contributed by atoms with E-state index >= 15 is 0 Å². The average molecular weight is 379 g/mol. The Morgan fingerprint density at radius 1 is 1.35 bits per heavy atom. The van der Waals surface area contributed by atoms with Gasteiger partial charge in [0, 0.05) is 6.54 Å². The lowest BCUT2D eigenvalue weighted by molar-refractivity contribution is -0.118. The highest BCUT2D eigenvalue weighted by atomic mass is 32.2. The van der Waals surface area contributed by atoms with Crippen molar-refractivity contribution < 1.29 is 14.0 Å². The van der Waals surface area contributed by atoms with E-state index in [1.54, 1.807) is 0 Å². The van der Waals surface area contributed by atoms with Crippen LogP contribution in [0.4, 0.5) is 15.9 Å². The zero-order valence-corrected chi connectivity index (χ0v) is 14.8. The summed E-state index contributed by atoms with van der Waals surface area (Å²) in [4.78, 5) is 42.2. The van der Waals surface area contributed by atoms with Crippen LogP contribution in [0.1, 0.15) is 23.7 Å². The monoisotopic (exact) mass is 379 g/mol. The number of nitrogen functional groups attached to an aromatic ring is 1. The summed E-state index contributed by atoms with van der Waals surface area (Å²) < 4.78 is 13.6. The van der Waals surface area contributed by atoms with Gasteiger partial charge in [-0.2, -0.15) is 0 Å². The number of thioether (sulfide) groups is 1. The van der Waals surface area contributed by atoms with E-state index in [-0.39, 0.29) is 33.9 Å². The van der Waals surface area contributed by atoms with Gasteiger partial charge >= 0.3 is 0 Å². The number of nitrogens with two attached hydrogens (primary N) is 1. The lowest BCUT2D eigenvalue weighted by atomic mass is 10.2. The Balaban J connectivity index is 2.10. The first-order chi connectivity index (χ1) is 12.4. The van der Waals surface area contributed by atoms with Crippen LogP contribution in [-0.4, -0.2) is 34.1 Å². The number of hydrogen-bond acceptors (Lipinski definition) is 6. The Morgan fingerprint density at radius 2 is 2.08 bits per heavy atom. The van der Waals surface area contributed by atoms with Crippen LogP contribution in [0.3, 0.4) is 0 Å². The van der Waals surface area contributed by atoms with E-state index in [0.717, 1.165) is 24.2 Å². The van der Waals surface area contributed by atoms with Crippen molar-refractivity contribution in [3.63, 3.8) is 0 Å². The average Bonchev–Trinajstić information content (AvgIpc) is 2.61. The molecule has 0 radical (unpaired) electrons. The molecule has 0 bridgehead atoms. The topological polar surface area (TPSA) is 130 Å². The summed E-state index contributed by atoms with van der Waals surface area (Å²) in [6.07, 6.45) is 0.814. The molecule has 8 nitrogen and oxygen atoms in total. The lowest BCUT2D eigenvalue weighted by Crippen LogP contribution is -2.26. The van der Waals surface area contributed by atoms with Crippen LogP contribution in [0.25, 0.3) is 0 Å². The van der Waals surface area contributed by atoms with Gasteiger partial charge < -0.3 is 16.4 Å². The number of halogens is 1. The number of aromatic nitrogens is 2. The molecule has 2 rings (SSSR count). The molecule has 1 aromatic heterocycles. The largest absolute Gasteiger partial charge is 0.382 e. The van der Waals surface area contributed by atoms with E-state index in [1.165, 1.54) is 18.2 Å². The summed E-state index contributed by atoms with van der Waals surface area (Å²) in [5.74, 6) is -1.91. The maximum atomic E-state index is 13.6. The molecule has 138 valence electrons. The number of amides is 2. The molecule has 0 spiro atoms. The van der Waals surface area contributed by atoms with Gasteiger partial charge in [0.2, 0.25) is 5.91 Å². The number of H-pyrrole nitrogens is 1. The summed E-state index contributed by atoms with van der Waals surface area (Å²) in [5, 5.41) is 5.09. The van der Waals surface area contributed by atoms with Gasteiger partial charge in [-0.15, -0.1) is 0 Å². The molecule has 0 aliphatic rings. The van der Waals surface area contributed by atoms with Crippen molar-refractivity contribution >= 4 is 35.1 Å². The number of benzene rings is 1. The minimum atomic E-state index is -0.818. The molecule has 2 amide bonds. The molecule has 1 heterocycles. The highest BCUT2D eigenvalue weighted by Crippen LogP contribution is 2.17. The molecular weight excluding hydrogens is 361 g/mol. The van der Waals surface area contributed by atoms with Gasteiger partial charge in [0.25, 0.3) is 11.5 Å². The van der Waals surface area contributed by atoms with Crippen LogP contribution in [-0.2, 0) is 4.79 Å². The number of carbonyl (C=O) groups excluding carboxylic acids is 2. The minimum absolute atomic E-state index is 0.0588. The third-order valence-electron chi connectivity index (χ3n) is 3.19. The molecule has 0 atom stereocenters. The van der Waals surface area contributed by atoms with Gasteiger partial charge in [-0.05, 0) is 18.6 Å². The molecule has 10 heteroatoms. The predicted molar refractivity (Wildman–Crippen MR) is 97.6 cm³/mol. The zero-order valence-electron chi connectivity index (χ0n) is 14.0. The first-order valence-electron chi connectivity index (χ1n) is 7.77. The first kappa shape index (κ1) is 19.4. The molecule has 26 heavy (non-hydrogen) atoms. The fraction of sp³-hybridized carbons (Fsp3) is 0.250. The second-order valence-corrected chi connectivity index (χ2v) is 6.17. The van der Waals surface area contributed by atoms with Crippen LogP contribution < -0.4 is 21.9 Å². The highest BCUT2D eigenvalue weighted by Gasteiger charge is 2.16. The van der Waals surface area contributed by atoms with E-state index in [4.69, 9.17) is 5.73 Å². The summed E-state index contributed by atoms with van der Waals surface area (Å²) in [6, 6.07) is 5.34. The van der Waals surface area contributed by atoms with E-state index in [9.17, 15) is 18.8 Å². The van der Waals surface area contributed by atoms with Gasteiger partial charge in [-0.3, -0.25) is 19.4 Å². The van der Waals surface area contributed by atoms with Crippen molar-refractivity contribution in [1.29, 1.82) is 0 Å². The SMILES string of the molecule is CCCNC(=O)CSc1nc(N)c(NC(=O)c2ccccc2F)c(=O)[nH]1. The predicted octanol–water partition coefficient (Wildman–Crippen LogP) is 1.36. The van der Waals surface area contributed by atoms with Gasteiger partial charge in [0.1, 0.15) is 11.5 Å². The van der Waals surface area contributed by atoms with Crippen LogP contribution in [0.15, 0.2) is 34.2 Å². The molecular formula is C16H18FN5O3S. The highest BCUT2D eigenvalue weighted by molar-refractivity contribution is 7.99. The van der Waals surface area contributed by atoms with Crippen molar-refractivity contribution in [3.05, 3.63) is 46.0 Å². The molecule has 0 saturated carbocycles. The van der Waals surface area contributed by atoms with Crippen LogP contribution in [0.5, 0.6) is 0 Å². The van der Waals surface area contributed by atoms with Crippen molar-refractivity contribution in [3.8, 4) is 0 Å². The van der Waals surface area contributed by atoms with Crippen molar-refractivity contribution in [2.24, 2.45) is 0 Å². The molecule has 5 N–H and O–H groups in total. The Morgan fingerprint density at radius 3 is 2.73 bits per heavy atom. The number of anilines is 2. The first-order valence-corrected chi connectivity index (χ1v) is 8.76. The molecule has 1 aromatic carbocycles. The number of nitrogens with one attached hydrogen (secondary N) is 3. The molecule has 0 saturated heterocycles. The molecule has 0 fully saturated rings. The number of carbonyl (C=O) groups is 2. The van der Waals surface area contributed by atoms with Crippen LogP contribution >= 0.6 is 11.8 Å². The summed E-state index contributed by atoms with van der Waals surface area (Å²) in [6.45, 7) is 2.49. The number of hydrogen-bond donors (Lipinski definition) is 4.